The number of para-hydroxylation sites is 1. The van der Waals surface area contributed by atoms with Gasteiger partial charge in [0, 0.05) is 18.7 Å². The van der Waals surface area contributed by atoms with Crippen LogP contribution in [-0.2, 0) is 11.3 Å². The lowest BCUT2D eigenvalue weighted by Crippen LogP contribution is -2.47. The van der Waals surface area contributed by atoms with Gasteiger partial charge in [-0.15, -0.1) is 0 Å². The number of piperidine rings is 1. The molecule has 1 saturated heterocycles. The second-order valence-electron chi connectivity index (χ2n) is 5.91. The van der Waals surface area contributed by atoms with Gasteiger partial charge in [0.15, 0.2) is 11.5 Å². The SMILES string of the molecule is CC[C@@]1(C(=O)O)CCCN(Cc2cccc(OC)c2OC)C1. The van der Waals surface area contributed by atoms with Gasteiger partial charge < -0.3 is 14.6 Å². The molecule has 0 amide bonds. The Kier molecular flexibility index (Phi) is 5.29. The number of benzene rings is 1. The Morgan fingerprint density at radius 3 is 2.73 bits per heavy atom. The van der Waals surface area contributed by atoms with Gasteiger partial charge in [0.1, 0.15) is 0 Å². The number of nitrogens with zero attached hydrogens (tertiary/aromatic N) is 1. The van der Waals surface area contributed by atoms with Crippen LogP contribution in [0.4, 0.5) is 0 Å². The molecule has 2 rings (SSSR count). The minimum Gasteiger partial charge on any atom is -0.493 e. The highest BCUT2D eigenvalue weighted by Crippen LogP contribution is 2.36. The van der Waals surface area contributed by atoms with Crippen molar-refractivity contribution in [1.82, 2.24) is 4.90 Å². The van der Waals surface area contributed by atoms with Crippen molar-refractivity contribution in [1.29, 1.82) is 0 Å². The summed E-state index contributed by atoms with van der Waals surface area (Å²) in [5.74, 6) is 0.752. The van der Waals surface area contributed by atoms with Crippen molar-refractivity contribution >= 4 is 5.97 Å². The Labute approximate surface area is 131 Å². The van der Waals surface area contributed by atoms with Gasteiger partial charge >= 0.3 is 5.97 Å². The van der Waals surface area contributed by atoms with Gasteiger partial charge in [-0.3, -0.25) is 9.69 Å². The first-order valence-corrected chi connectivity index (χ1v) is 7.72. The summed E-state index contributed by atoms with van der Waals surface area (Å²) in [6.45, 7) is 4.13. The van der Waals surface area contributed by atoms with Crippen molar-refractivity contribution in [2.24, 2.45) is 5.41 Å². The number of likely N-dealkylation sites (tertiary alicyclic amines) is 1. The molecular weight excluding hydrogens is 282 g/mol. The average Bonchev–Trinajstić information content (AvgIpc) is 2.54. The minimum absolute atomic E-state index is 0.583. The zero-order valence-electron chi connectivity index (χ0n) is 13.6. The van der Waals surface area contributed by atoms with Gasteiger partial charge in [0.05, 0.1) is 19.6 Å². The summed E-state index contributed by atoms with van der Waals surface area (Å²) in [6.07, 6.45) is 2.32. The van der Waals surface area contributed by atoms with E-state index in [9.17, 15) is 9.90 Å². The second-order valence-corrected chi connectivity index (χ2v) is 5.91. The van der Waals surface area contributed by atoms with Crippen molar-refractivity contribution in [3.8, 4) is 11.5 Å². The highest BCUT2D eigenvalue weighted by atomic mass is 16.5. The predicted octanol–water partition coefficient (Wildman–Crippen LogP) is 2.78. The lowest BCUT2D eigenvalue weighted by atomic mass is 9.77. The fraction of sp³-hybridized carbons (Fsp3) is 0.588. The predicted molar refractivity (Wildman–Crippen MR) is 84.4 cm³/mol. The third-order valence-electron chi connectivity index (χ3n) is 4.66. The molecule has 1 atom stereocenters. The van der Waals surface area contributed by atoms with E-state index in [1.165, 1.54) is 0 Å². The van der Waals surface area contributed by atoms with Gasteiger partial charge in [-0.25, -0.2) is 0 Å². The van der Waals surface area contributed by atoms with E-state index in [1.54, 1.807) is 14.2 Å². The number of carboxylic acid groups (broad SMARTS) is 1. The molecule has 1 aromatic carbocycles. The van der Waals surface area contributed by atoms with Gasteiger partial charge in [-0.05, 0) is 31.9 Å². The van der Waals surface area contributed by atoms with Gasteiger partial charge in [-0.1, -0.05) is 19.1 Å². The van der Waals surface area contributed by atoms with Crippen LogP contribution in [0.2, 0.25) is 0 Å². The van der Waals surface area contributed by atoms with Crippen molar-refractivity contribution in [3.63, 3.8) is 0 Å². The molecule has 122 valence electrons. The Balaban J connectivity index is 2.19. The van der Waals surface area contributed by atoms with Crippen molar-refractivity contribution < 1.29 is 19.4 Å². The highest BCUT2D eigenvalue weighted by molar-refractivity contribution is 5.75. The summed E-state index contributed by atoms with van der Waals surface area (Å²) >= 11 is 0. The quantitative estimate of drug-likeness (QED) is 0.875. The number of carboxylic acids is 1. The zero-order valence-corrected chi connectivity index (χ0v) is 13.6. The van der Waals surface area contributed by atoms with E-state index in [0.29, 0.717) is 25.3 Å². The van der Waals surface area contributed by atoms with E-state index < -0.39 is 11.4 Å². The number of ether oxygens (including phenoxy) is 2. The van der Waals surface area contributed by atoms with Crippen LogP contribution in [0.25, 0.3) is 0 Å². The van der Waals surface area contributed by atoms with Crippen LogP contribution < -0.4 is 9.47 Å². The van der Waals surface area contributed by atoms with E-state index in [0.717, 1.165) is 30.7 Å². The van der Waals surface area contributed by atoms with E-state index in [4.69, 9.17) is 9.47 Å². The topological polar surface area (TPSA) is 59.0 Å². The molecule has 1 fully saturated rings. The smallest absolute Gasteiger partial charge is 0.310 e. The minimum atomic E-state index is -0.683. The summed E-state index contributed by atoms with van der Waals surface area (Å²) in [5, 5.41) is 9.58. The van der Waals surface area contributed by atoms with E-state index in [2.05, 4.69) is 4.90 Å². The maximum absolute atomic E-state index is 11.7. The molecule has 0 bridgehead atoms. The van der Waals surface area contributed by atoms with E-state index in [-0.39, 0.29) is 0 Å². The van der Waals surface area contributed by atoms with Gasteiger partial charge in [0.2, 0.25) is 0 Å². The molecule has 1 heterocycles. The Morgan fingerprint density at radius 2 is 2.14 bits per heavy atom. The first-order chi connectivity index (χ1) is 10.6. The highest BCUT2D eigenvalue weighted by Gasteiger charge is 2.40. The number of aliphatic carboxylic acids is 1. The molecule has 1 aliphatic heterocycles. The fourth-order valence-electron chi connectivity index (χ4n) is 3.30. The number of methoxy groups -OCH3 is 2. The third-order valence-corrected chi connectivity index (χ3v) is 4.66. The molecule has 1 aliphatic rings. The molecule has 0 unspecified atom stereocenters. The Morgan fingerprint density at radius 1 is 1.36 bits per heavy atom. The van der Waals surface area contributed by atoms with Crippen LogP contribution in [0.15, 0.2) is 18.2 Å². The van der Waals surface area contributed by atoms with Crippen LogP contribution >= 0.6 is 0 Å². The molecule has 0 spiro atoms. The van der Waals surface area contributed by atoms with E-state index >= 15 is 0 Å². The second kappa shape index (κ2) is 7.01. The molecule has 22 heavy (non-hydrogen) atoms. The molecule has 0 radical (unpaired) electrons. The van der Waals surface area contributed by atoms with Crippen LogP contribution in [0.3, 0.4) is 0 Å². The third kappa shape index (κ3) is 3.19. The first-order valence-electron chi connectivity index (χ1n) is 7.72. The molecule has 0 saturated carbocycles. The molecular formula is C17H25NO4. The molecule has 1 N–H and O–H groups in total. The van der Waals surface area contributed by atoms with Crippen molar-refractivity contribution in [2.75, 3.05) is 27.3 Å². The number of carbonyl (C=O) groups is 1. The normalized spacial score (nSPS) is 22.3. The molecule has 1 aromatic rings. The largest absolute Gasteiger partial charge is 0.493 e. The number of hydrogen-bond acceptors (Lipinski definition) is 4. The zero-order chi connectivity index (χ0) is 16.2. The molecule has 5 heteroatoms. The lowest BCUT2D eigenvalue weighted by molar-refractivity contribution is -0.153. The van der Waals surface area contributed by atoms with Gasteiger partial charge in [-0.2, -0.15) is 0 Å². The maximum Gasteiger partial charge on any atom is 0.310 e. The standard InChI is InChI=1S/C17H25NO4/c1-4-17(16(19)20)9-6-10-18(12-17)11-13-7-5-8-14(21-2)15(13)22-3/h5,7-8H,4,6,9-12H2,1-3H3,(H,19,20)/t17-/m1/s1. The van der Waals surface area contributed by atoms with Crippen LogP contribution in [0.5, 0.6) is 11.5 Å². The summed E-state index contributed by atoms with van der Waals surface area (Å²) in [4.78, 5) is 13.9. The fourth-order valence-corrected chi connectivity index (χ4v) is 3.30. The summed E-state index contributed by atoms with van der Waals surface area (Å²) < 4.78 is 10.8. The Bertz CT molecular complexity index is 531. The van der Waals surface area contributed by atoms with Crippen LogP contribution in [0.1, 0.15) is 31.7 Å². The first kappa shape index (κ1) is 16.6. The van der Waals surface area contributed by atoms with E-state index in [1.807, 2.05) is 25.1 Å². The Hall–Kier alpha value is -1.75. The molecule has 5 nitrogen and oxygen atoms in total. The lowest BCUT2D eigenvalue weighted by Gasteiger charge is -2.39. The summed E-state index contributed by atoms with van der Waals surface area (Å²) in [7, 11) is 3.25. The van der Waals surface area contributed by atoms with Crippen LogP contribution in [-0.4, -0.2) is 43.3 Å². The average molecular weight is 307 g/mol. The maximum atomic E-state index is 11.7. The molecule has 0 aromatic heterocycles. The number of hydrogen-bond donors (Lipinski definition) is 1. The monoisotopic (exact) mass is 307 g/mol. The molecule has 0 aliphatic carbocycles. The van der Waals surface area contributed by atoms with Crippen LogP contribution in [0, 0.1) is 5.41 Å². The van der Waals surface area contributed by atoms with Crippen molar-refractivity contribution in [2.45, 2.75) is 32.7 Å². The van der Waals surface area contributed by atoms with Gasteiger partial charge in [0.25, 0.3) is 0 Å². The van der Waals surface area contributed by atoms with Crippen molar-refractivity contribution in [3.05, 3.63) is 23.8 Å². The summed E-state index contributed by atoms with van der Waals surface area (Å²) in [6, 6.07) is 5.81. The summed E-state index contributed by atoms with van der Waals surface area (Å²) in [5.41, 5.74) is 0.406. The number of rotatable bonds is 6.